The fraction of sp³-hybridized carbons (Fsp3) is 0.385. The topological polar surface area (TPSA) is 71.3 Å². The van der Waals surface area contributed by atoms with E-state index in [9.17, 15) is 13.5 Å². The molecule has 0 atom stereocenters. The summed E-state index contributed by atoms with van der Waals surface area (Å²) in [6, 6.07) is 3.77. The predicted octanol–water partition coefficient (Wildman–Crippen LogP) is 2.62. The Balaban J connectivity index is 1.79. The molecule has 1 saturated carbocycles. The molecule has 5 nitrogen and oxygen atoms in total. The van der Waals surface area contributed by atoms with Gasteiger partial charge in [0.15, 0.2) is 0 Å². The van der Waals surface area contributed by atoms with Gasteiger partial charge in [0.05, 0.1) is 11.5 Å². The largest absolute Gasteiger partial charge is 0.390 e. The van der Waals surface area contributed by atoms with E-state index in [1.165, 1.54) is 11.3 Å². The van der Waals surface area contributed by atoms with Crippen molar-refractivity contribution in [3.63, 3.8) is 0 Å². The quantitative estimate of drug-likeness (QED) is 0.795. The average Bonchev–Trinajstić information content (AvgIpc) is 3.06. The van der Waals surface area contributed by atoms with Gasteiger partial charge >= 0.3 is 0 Å². The van der Waals surface area contributed by atoms with Gasteiger partial charge in [0, 0.05) is 33.8 Å². The Hall–Kier alpha value is -0.670. The van der Waals surface area contributed by atoms with Crippen LogP contribution in [0.1, 0.15) is 29.5 Å². The fourth-order valence-corrected chi connectivity index (χ4v) is 4.73. The molecule has 0 unspecified atom stereocenters. The number of hydrogen-bond donors (Lipinski definition) is 2. The maximum atomic E-state index is 12.3. The van der Waals surface area contributed by atoms with Gasteiger partial charge in [-0.25, -0.2) is 13.1 Å². The molecule has 2 N–H and O–H groups in total. The lowest BCUT2D eigenvalue weighted by atomic mass is 10.4. The van der Waals surface area contributed by atoms with E-state index in [0.29, 0.717) is 11.7 Å². The van der Waals surface area contributed by atoms with Gasteiger partial charge < -0.3 is 9.67 Å². The van der Waals surface area contributed by atoms with Gasteiger partial charge in [-0.1, -0.05) is 0 Å². The van der Waals surface area contributed by atoms with Crippen LogP contribution in [0.25, 0.3) is 0 Å². The highest BCUT2D eigenvalue weighted by atomic mass is 79.9. The molecule has 0 bridgehead atoms. The van der Waals surface area contributed by atoms with Crippen LogP contribution in [0.3, 0.4) is 0 Å². The van der Waals surface area contributed by atoms with Crippen LogP contribution in [0, 0.1) is 0 Å². The summed E-state index contributed by atoms with van der Waals surface area (Å²) in [7, 11) is -3.57. The van der Waals surface area contributed by atoms with Crippen molar-refractivity contribution in [3.05, 3.63) is 38.8 Å². The summed E-state index contributed by atoms with van der Waals surface area (Å²) in [5.74, 6) is 0. The number of rotatable bonds is 6. The first-order valence-corrected chi connectivity index (χ1v) is 9.70. The van der Waals surface area contributed by atoms with Gasteiger partial charge in [-0.15, -0.1) is 11.3 Å². The molecule has 0 saturated heterocycles. The van der Waals surface area contributed by atoms with Crippen LogP contribution in [-0.2, 0) is 23.2 Å². The highest BCUT2D eigenvalue weighted by Crippen LogP contribution is 2.37. The Morgan fingerprint density at radius 3 is 2.81 bits per heavy atom. The molecule has 0 aromatic carbocycles. The molecule has 0 spiro atoms. The Bertz CT molecular complexity index is 747. The maximum Gasteiger partial charge on any atom is 0.242 e. The van der Waals surface area contributed by atoms with Crippen molar-refractivity contribution in [1.82, 2.24) is 9.29 Å². The minimum Gasteiger partial charge on any atom is -0.390 e. The zero-order chi connectivity index (χ0) is 15.0. The summed E-state index contributed by atoms with van der Waals surface area (Å²) in [5.41, 5.74) is 0.648. The molecule has 114 valence electrons. The molecule has 2 aromatic heterocycles. The number of aliphatic hydroxyl groups excluding tert-OH is 1. The van der Waals surface area contributed by atoms with E-state index in [-0.39, 0.29) is 18.0 Å². The highest BCUT2D eigenvalue weighted by molar-refractivity contribution is 9.10. The minimum absolute atomic E-state index is 0.150. The molecule has 2 aromatic rings. The summed E-state index contributed by atoms with van der Waals surface area (Å²) < 4.78 is 30.1. The van der Waals surface area contributed by atoms with Crippen LogP contribution in [-0.4, -0.2) is 18.1 Å². The second-order valence-electron chi connectivity index (χ2n) is 4.98. The van der Waals surface area contributed by atoms with Gasteiger partial charge in [-0.2, -0.15) is 0 Å². The Morgan fingerprint density at radius 1 is 1.48 bits per heavy atom. The zero-order valence-corrected chi connectivity index (χ0v) is 14.3. The van der Waals surface area contributed by atoms with E-state index in [2.05, 4.69) is 20.7 Å². The van der Waals surface area contributed by atoms with E-state index < -0.39 is 10.0 Å². The number of nitrogens with zero attached hydrogens (tertiary/aromatic N) is 1. The first kappa shape index (κ1) is 15.2. The second-order valence-corrected chi connectivity index (χ2v) is 8.60. The van der Waals surface area contributed by atoms with Crippen LogP contribution < -0.4 is 4.72 Å². The lowest BCUT2D eigenvalue weighted by Gasteiger charge is -2.04. The zero-order valence-electron chi connectivity index (χ0n) is 11.1. The van der Waals surface area contributed by atoms with Gasteiger partial charge in [-0.05, 0) is 46.3 Å². The summed E-state index contributed by atoms with van der Waals surface area (Å²) in [4.78, 5) is 1.15. The Morgan fingerprint density at radius 2 is 2.24 bits per heavy atom. The molecule has 0 aliphatic heterocycles. The maximum absolute atomic E-state index is 12.3. The minimum atomic E-state index is -3.57. The molecule has 0 radical (unpaired) electrons. The van der Waals surface area contributed by atoms with Crippen molar-refractivity contribution < 1.29 is 13.5 Å². The van der Waals surface area contributed by atoms with E-state index in [1.807, 2.05) is 16.0 Å². The van der Waals surface area contributed by atoms with Gasteiger partial charge in [0.2, 0.25) is 10.0 Å². The third-order valence-electron chi connectivity index (χ3n) is 3.43. The predicted molar refractivity (Wildman–Crippen MR) is 84.7 cm³/mol. The molecule has 1 fully saturated rings. The number of aliphatic hydroxyl groups is 1. The molecule has 1 aliphatic carbocycles. The van der Waals surface area contributed by atoms with Crippen LogP contribution in [0.4, 0.5) is 0 Å². The van der Waals surface area contributed by atoms with Crippen molar-refractivity contribution in [2.75, 3.05) is 0 Å². The lowest BCUT2D eigenvalue weighted by Crippen LogP contribution is -2.22. The molecule has 1 aliphatic rings. The first-order valence-electron chi connectivity index (χ1n) is 6.54. The first-order chi connectivity index (χ1) is 10.0. The van der Waals surface area contributed by atoms with Crippen molar-refractivity contribution in [1.29, 1.82) is 0 Å². The van der Waals surface area contributed by atoms with E-state index in [4.69, 9.17) is 0 Å². The molecule has 0 amide bonds. The highest BCUT2D eigenvalue weighted by Gasteiger charge is 2.28. The monoisotopic (exact) mass is 390 g/mol. The number of thiophene rings is 1. The van der Waals surface area contributed by atoms with Crippen LogP contribution in [0.5, 0.6) is 0 Å². The Kier molecular flexibility index (Phi) is 4.24. The molecule has 8 heteroatoms. The summed E-state index contributed by atoms with van der Waals surface area (Å²) in [5, 5.41) is 11.3. The van der Waals surface area contributed by atoms with E-state index >= 15 is 0 Å². The van der Waals surface area contributed by atoms with Crippen molar-refractivity contribution in [2.24, 2.45) is 0 Å². The molecular formula is C13H15BrN2O3S2. The Labute approximate surface area is 135 Å². The molecule has 3 rings (SSSR count). The van der Waals surface area contributed by atoms with Gasteiger partial charge in [-0.3, -0.25) is 0 Å². The average molecular weight is 391 g/mol. The van der Waals surface area contributed by atoms with Crippen molar-refractivity contribution >= 4 is 37.3 Å². The SMILES string of the molecule is O=S(=O)(NCc1sccc1Br)c1cc(CO)n(C2CC2)c1. The number of sulfonamides is 1. The molecular weight excluding hydrogens is 376 g/mol. The third kappa shape index (κ3) is 3.24. The summed E-state index contributed by atoms with van der Waals surface area (Å²) >= 11 is 4.88. The van der Waals surface area contributed by atoms with Crippen LogP contribution in [0.2, 0.25) is 0 Å². The standard InChI is InChI=1S/C13H15BrN2O3S2/c14-12-3-4-20-13(12)6-15-21(18,19)11-5-10(8-17)16(7-11)9-1-2-9/h3-5,7,9,15,17H,1-2,6,8H2. The van der Waals surface area contributed by atoms with Crippen molar-refractivity contribution in [3.8, 4) is 0 Å². The van der Waals surface area contributed by atoms with Gasteiger partial charge in [0.25, 0.3) is 0 Å². The van der Waals surface area contributed by atoms with Crippen LogP contribution >= 0.6 is 27.3 Å². The summed E-state index contributed by atoms with van der Waals surface area (Å²) in [6.07, 6.45) is 3.70. The summed E-state index contributed by atoms with van der Waals surface area (Å²) in [6.45, 7) is 0.103. The second kappa shape index (κ2) is 5.85. The normalized spacial score (nSPS) is 15.5. The van der Waals surface area contributed by atoms with E-state index in [0.717, 1.165) is 22.2 Å². The number of nitrogens with one attached hydrogen (secondary N) is 1. The number of halogens is 1. The third-order valence-corrected chi connectivity index (χ3v) is 6.73. The molecule has 21 heavy (non-hydrogen) atoms. The van der Waals surface area contributed by atoms with Crippen LogP contribution in [0.15, 0.2) is 33.1 Å². The number of hydrogen-bond acceptors (Lipinski definition) is 4. The van der Waals surface area contributed by atoms with E-state index in [1.54, 1.807) is 12.3 Å². The van der Waals surface area contributed by atoms with Crippen molar-refractivity contribution in [2.45, 2.75) is 36.9 Å². The fourth-order valence-electron chi connectivity index (χ4n) is 2.16. The smallest absolute Gasteiger partial charge is 0.242 e. The van der Waals surface area contributed by atoms with Gasteiger partial charge in [0.1, 0.15) is 0 Å². The lowest BCUT2D eigenvalue weighted by molar-refractivity contribution is 0.270. The number of aromatic nitrogens is 1. The molecule has 2 heterocycles.